The Morgan fingerprint density at radius 3 is 1.15 bits per heavy atom. The van der Waals surface area contributed by atoms with Gasteiger partial charge in [-0.3, -0.25) is 9.59 Å². The van der Waals surface area contributed by atoms with Crippen LogP contribution >= 0.6 is 23.2 Å². The minimum atomic E-state index is -1.55. The number of carbonyl (C=O) groups excluding carboxylic acids is 2. The van der Waals surface area contributed by atoms with Gasteiger partial charge in [-0.1, -0.05) is 23.2 Å². The molecule has 10 atom stereocenters. The molecule has 0 amide bonds. The van der Waals surface area contributed by atoms with Gasteiger partial charge in [0.1, 0.15) is 95.9 Å². The standard InChI is InChI=1S/C32H38ClFN2O6S.C28H30ClFN2O5.C21H28FN3O3S/c1-19(37)17-41-26-12-9-21(15-24(26)33)25(38)13-14-32(6,39)27-16-23-29(28(35-27)20-7-10-22(34)11-8-20)42-18-31(23,5)36-43(40)30(2,3)4;1-16(33)14-36-23-9-6-18(12-21(23)29)22(34)10-11-28(3,35)24-13-20-26(37-15-27(20,2)31)25(32-24)17-4-7-19(30)8-5-17;1-19(2,3)29(27)25-20(4)12-28-18-15(20)10-16(21(5,26)11-23)24-17(18)13-6-8-14(22)9-7-13/h7-12,15-16,19,36-37,39H,13-14,17-18H2,1-6H3;4-9,12-13,16,33,35H,10-11,14-15,31H2,1-3H3;6-10,25-26H,11-12,23H2,1-5H3/t19-,31-,32-,43?;16-,27-,28-;20-,21-,29?/m111/s1. The van der Waals surface area contributed by atoms with Crippen molar-refractivity contribution in [3.05, 3.63) is 200 Å². The molecule has 0 fully saturated rings. The lowest BCUT2D eigenvalue weighted by molar-refractivity contribution is 0.0395. The number of Topliss-reactive ketones (excluding diaryl/α,β-unsaturated/α-hetero) is 2. The Labute approximate surface area is 648 Å². The summed E-state index contributed by atoms with van der Waals surface area (Å²) in [6.07, 6.45) is -1.19. The molecule has 586 valence electrons. The molecule has 3 aliphatic heterocycles. The minimum Gasteiger partial charge on any atom is -0.489 e. The van der Waals surface area contributed by atoms with Gasteiger partial charge < -0.3 is 60.7 Å². The number of pyridine rings is 3. The molecule has 21 nitrogen and oxygen atoms in total. The van der Waals surface area contributed by atoms with E-state index in [0.29, 0.717) is 102 Å². The number of ketones is 2. The van der Waals surface area contributed by atoms with Gasteiger partial charge in [-0.25, -0.2) is 46.0 Å². The SMILES string of the molecule is CC(C)(C)S(=O)N[C@]1(C)COc2c1cc([C@](C)(O)CN)nc2-c1ccc(F)cc1.C[C@@H](O)COc1ccc(C(=O)CC[C@@](C)(O)c2cc3c(c(-c4ccc(F)cc4)n2)OC[C@@]3(C)N)cc1Cl.C[C@@H](O)COc1ccc(C(=O)CC[C@@](C)(O)c2cc3c(c(-c4ccc(F)cc4)n2)OC[C@@]3(C)NS(=O)C(C)(C)C)cc1Cl. The molecule has 6 heterocycles. The summed E-state index contributed by atoms with van der Waals surface area (Å²) in [5, 5.41) is 53.1. The van der Waals surface area contributed by atoms with E-state index >= 15 is 0 Å². The highest BCUT2D eigenvalue weighted by molar-refractivity contribution is 7.84. The van der Waals surface area contributed by atoms with E-state index < -0.39 is 82.9 Å². The van der Waals surface area contributed by atoms with Crippen LogP contribution < -0.4 is 44.6 Å². The number of carbonyl (C=O) groups is 2. The summed E-state index contributed by atoms with van der Waals surface area (Å²) in [6.45, 7) is 25.6. The van der Waals surface area contributed by atoms with Gasteiger partial charge in [0, 0.05) is 63.9 Å². The molecule has 0 aliphatic carbocycles. The second kappa shape index (κ2) is 33.6. The predicted molar refractivity (Wildman–Crippen MR) is 416 cm³/mol. The van der Waals surface area contributed by atoms with Crippen LogP contribution in [0.2, 0.25) is 10.0 Å². The van der Waals surface area contributed by atoms with E-state index in [2.05, 4.69) is 19.4 Å². The fraction of sp³-hybridized carbons (Fsp3) is 0.420. The van der Waals surface area contributed by atoms with E-state index in [9.17, 15) is 56.7 Å². The highest BCUT2D eigenvalue weighted by Crippen LogP contribution is 2.49. The van der Waals surface area contributed by atoms with Crippen LogP contribution in [0.3, 0.4) is 0 Å². The number of aromatic nitrogens is 3. The second-order valence-corrected chi connectivity index (χ2v) is 35.9. The fourth-order valence-corrected chi connectivity index (χ4v) is 13.9. The molecule has 2 unspecified atom stereocenters. The first-order chi connectivity index (χ1) is 50.7. The number of rotatable bonds is 25. The predicted octanol–water partition coefficient (Wildman–Crippen LogP) is 13.3. The van der Waals surface area contributed by atoms with E-state index in [1.807, 2.05) is 62.3 Å². The van der Waals surface area contributed by atoms with Crippen LogP contribution in [0.25, 0.3) is 33.8 Å². The topological polar surface area (TPSA) is 330 Å². The largest absolute Gasteiger partial charge is 0.489 e. The number of hydrogen-bond acceptors (Lipinski definition) is 19. The normalized spacial score (nSPS) is 19.9. The summed E-state index contributed by atoms with van der Waals surface area (Å²) in [5.41, 5.74) is 12.4. The molecule has 109 heavy (non-hydrogen) atoms. The Bertz CT molecular complexity index is 4690. The fourth-order valence-electron chi connectivity index (χ4n) is 11.7. The monoisotopic (exact) mass is 1580 g/mol. The van der Waals surface area contributed by atoms with Gasteiger partial charge in [0.25, 0.3) is 0 Å². The molecule has 0 saturated heterocycles. The van der Waals surface area contributed by atoms with E-state index in [1.165, 1.54) is 48.5 Å². The van der Waals surface area contributed by atoms with Crippen LogP contribution in [0.4, 0.5) is 13.2 Å². The van der Waals surface area contributed by atoms with Gasteiger partial charge in [-0.15, -0.1) is 0 Å². The van der Waals surface area contributed by atoms with Gasteiger partial charge in [-0.05, 0) is 237 Å². The maximum absolute atomic E-state index is 13.8. The number of hydrogen-bond donors (Lipinski definition) is 9. The summed E-state index contributed by atoms with van der Waals surface area (Å²) in [4.78, 5) is 40.0. The molecule has 0 saturated carbocycles. The Hall–Kier alpha value is -7.80. The number of nitrogens with two attached hydrogens (primary N) is 2. The third-order valence-corrected chi connectivity index (χ3v) is 22.6. The van der Waals surface area contributed by atoms with E-state index in [0.717, 1.165) is 5.56 Å². The number of ether oxygens (including phenoxy) is 5. The van der Waals surface area contributed by atoms with Crippen molar-refractivity contribution in [1.82, 2.24) is 24.4 Å². The Morgan fingerprint density at radius 1 is 0.523 bits per heavy atom. The molecule has 28 heteroatoms. The van der Waals surface area contributed by atoms with E-state index in [-0.39, 0.29) is 98.5 Å². The second-order valence-electron chi connectivity index (χ2n) is 31.1. The third kappa shape index (κ3) is 20.5. The Balaban J connectivity index is 0.000000192. The van der Waals surface area contributed by atoms with Crippen molar-refractivity contribution < 1.29 is 80.4 Å². The summed E-state index contributed by atoms with van der Waals surface area (Å²) in [5.74, 6) is 0.609. The third-order valence-electron chi connectivity index (χ3n) is 18.5. The van der Waals surface area contributed by atoms with Crippen molar-refractivity contribution in [3.8, 4) is 62.5 Å². The molecule has 11 N–H and O–H groups in total. The molecular weight excluding hydrogens is 1490 g/mol. The van der Waals surface area contributed by atoms with Gasteiger partial charge >= 0.3 is 0 Å². The van der Waals surface area contributed by atoms with Crippen LogP contribution in [0.1, 0.15) is 177 Å². The number of aliphatic hydroxyl groups is 5. The highest BCUT2D eigenvalue weighted by atomic mass is 35.5. The average Bonchev–Trinajstić information content (AvgIpc) is 1.63. The van der Waals surface area contributed by atoms with E-state index in [4.69, 9.17) is 63.3 Å². The molecule has 5 aromatic carbocycles. The van der Waals surface area contributed by atoms with Gasteiger partial charge in [0.2, 0.25) is 0 Å². The average molecular weight is 1580 g/mol. The minimum absolute atomic E-state index is 0.0120. The maximum atomic E-state index is 13.8. The molecule has 8 aromatic rings. The molecule has 3 aromatic heterocycles. The summed E-state index contributed by atoms with van der Waals surface area (Å²) in [7, 11) is -2.78. The Kier molecular flexibility index (Phi) is 26.3. The molecule has 0 bridgehead atoms. The van der Waals surface area contributed by atoms with Crippen molar-refractivity contribution in [2.45, 2.75) is 178 Å². The first-order valence-corrected chi connectivity index (χ1v) is 38.5. The molecular formula is C81H96Cl2F3N7O14S2. The summed E-state index contributed by atoms with van der Waals surface area (Å²) < 4.78 is 101. The van der Waals surface area contributed by atoms with Crippen molar-refractivity contribution in [1.29, 1.82) is 0 Å². The Morgan fingerprint density at radius 2 is 0.835 bits per heavy atom. The molecule has 0 radical (unpaired) electrons. The van der Waals surface area contributed by atoms with Crippen molar-refractivity contribution in [2.24, 2.45) is 11.5 Å². The number of aliphatic hydroxyl groups excluding tert-OH is 2. The summed E-state index contributed by atoms with van der Waals surface area (Å²) in [6, 6.07) is 32.1. The lowest BCUT2D eigenvalue weighted by atomic mass is 9.88. The van der Waals surface area contributed by atoms with Gasteiger partial charge in [0.05, 0.1) is 87.4 Å². The first kappa shape index (κ1) is 85.2. The van der Waals surface area contributed by atoms with Crippen LogP contribution in [-0.4, -0.2) is 122 Å². The van der Waals surface area contributed by atoms with Crippen molar-refractivity contribution >= 4 is 56.7 Å². The number of nitrogens with one attached hydrogen (secondary N) is 2. The van der Waals surface area contributed by atoms with Crippen molar-refractivity contribution in [2.75, 3.05) is 39.6 Å². The van der Waals surface area contributed by atoms with Crippen molar-refractivity contribution in [3.63, 3.8) is 0 Å². The number of benzene rings is 5. The molecule has 0 spiro atoms. The van der Waals surface area contributed by atoms with Crippen LogP contribution in [0, 0.1) is 17.5 Å². The zero-order valence-electron chi connectivity index (χ0n) is 63.5. The van der Waals surface area contributed by atoms with Gasteiger partial charge in [-0.2, -0.15) is 0 Å². The quantitative estimate of drug-likeness (QED) is 0.0240. The van der Waals surface area contributed by atoms with Crippen LogP contribution in [0.5, 0.6) is 28.7 Å². The first-order valence-electron chi connectivity index (χ1n) is 35.4. The van der Waals surface area contributed by atoms with Crippen LogP contribution in [0.15, 0.2) is 127 Å². The highest BCUT2D eigenvalue weighted by Gasteiger charge is 2.46. The summed E-state index contributed by atoms with van der Waals surface area (Å²) >= 11 is 12.5. The zero-order chi connectivity index (χ0) is 80.3. The lowest BCUT2D eigenvalue weighted by Crippen LogP contribution is -2.47. The maximum Gasteiger partial charge on any atom is 0.163 e. The molecule has 3 aliphatic rings. The number of fused-ring (bicyclic) bond motifs is 3. The zero-order valence-corrected chi connectivity index (χ0v) is 66.6. The number of halogens is 5. The lowest BCUT2D eigenvalue weighted by Gasteiger charge is -2.30. The smallest absolute Gasteiger partial charge is 0.163 e. The van der Waals surface area contributed by atoms with Crippen LogP contribution in [-0.2, 0) is 55.4 Å². The van der Waals surface area contributed by atoms with E-state index in [1.54, 1.807) is 113 Å². The molecule has 11 rings (SSSR count). The van der Waals surface area contributed by atoms with Gasteiger partial charge in [0.15, 0.2) is 28.8 Å². The number of nitrogens with zero attached hydrogens (tertiary/aromatic N) is 3.